The first-order chi connectivity index (χ1) is 14.9. The molecule has 168 valence electrons. The number of hydrogen-bond donors (Lipinski definition) is 2. The molecule has 0 unspecified atom stereocenters. The molecule has 0 atom stereocenters. The summed E-state index contributed by atoms with van der Waals surface area (Å²) in [6.07, 6.45) is 0. The van der Waals surface area contributed by atoms with Gasteiger partial charge in [-0.1, -0.05) is 12.1 Å². The van der Waals surface area contributed by atoms with Crippen LogP contribution in [-0.2, 0) is 13.1 Å². The average molecular weight is 429 g/mol. The first-order valence-electron chi connectivity index (χ1n) is 10.0. The molecule has 0 aromatic heterocycles. The van der Waals surface area contributed by atoms with Crippen molar-refractivity contribution in [1.82, 2.24) is 15.5 Å². The monoisotopic (exact) mass is 428 g/mol. The molecule has 0 saturated heterocycles. The Labute approximate surface area is 184 Å². The number of nitrogens with zero attached hydrogens (tertiary/aromatic N) is 2. The second-order valence-corrected chi connectivity index (χ2v) is 6.96. The van der Waals surface area contributed by atoms with Gasteiger partial charge in [-0.2, -0.15) is 0 Å². The number of methoxy groups -OCH3 is 3. The van der Waals surface area contributed by atoms with Crippen LogP contribution in [0.4, 0.5) is 0 Å². The molecular formula is C23H32N4O4. The fourth-order valence-corrected chi connectivity index (χ4v) is 2.95. The van der Waals surface area contributed by atoms with Crippen LogP contribution >= 0.6 is 0 Å². The highest BCUT2D eigenvalue weighted by Crippen LogP contribution is 2.33. The van der Waals surface area contributed by atoms with Crippen LogP contribution in [0.25, 0.3) is 0 Å². The molecule has 2 N–H and O–H groups in total. The molecule has 0 aliphatic rings. The fraction of sp³-hybridized carbons (Fsp3) is 0.391. The van der Waals surface area contributed by atoms with E-state index >= 15 is 0 Å². The molecular weight excluding hydrogens is 396 g/mol. The number of carbonyl (C=O) groups excluding carboxylic acids is 1. The number of benzene rings is 2. The van der Waals surface area contributed by atoms with Crippen LogP contribution in [0.2, 0.25) is 0 Å². The van der Waals surface area contributed by atoms with E-state index in [0.717, 1.165) is 17.7 Å². The lowest BCUT2D eigenvalue weighted by Gasteiger charge is -2.17. The first-order valence-corrected chi connectivity index (χ1v) is 10.0. The molecule has 0 saturated carbocycles. The van der Waals surface area contributed by atoms with Crippen molar-refractivity contribution >= 4 is 11.9 Å². The lowest BCUT2D eigenvalue weighted by Crippen LogP contribution is -2.37. The molecule has 8 heteroatoms. The van der Waals surface area contributed by atoms with Gasteiger partial charge in [0.1, 0.15) is 17.2 Å². The minimum absolute atomic E-state index is 0.0209. The molecule has 2 rings (SSSR count). The number of ether oxygens (including phenoxy) is 3. The smallest absolute Gasteiger partial charge is 0.253 e. The van der Waals surface area contributed by atoms with Gasteiger partial charge in [0.15, 0.2) is 5.96 Å². The molecule has 31 heavy (non-hydrogen) atoms. The third-order valence-electron chi connectivity index (χ3n) is 4.62. The molecule has 2 aromatic rings. The highest BCUT2D eigenvalue weighted by molar-refractivity contribution is 5.93. The highest BCUT2D eigenvalue weighted by atomic mass is 16.5. The maximum Gasteiger partial charge on any atom is 0.253 e. The summed E-state index contributed by atoms with van der Waals surface area (Å²) in [4.78, 5) is 18.2. The van der Waals surface area contributed by atoms with E-state index in [1.807, 2.05) is 43.3 Å². The van der Waals surface area contributed by atoms with Crippen molar-refractivity contribution in [3.8, 4) is 17.2 Å². The van der Waals surface area contributed by atoms with Crippen LogP contribution in [0.15, 0.2) is 41.4 Å². The molecule has 2 aromatic carbocycles. The minimum Gasteiger partial charge on any atom is -0.496 e. The molecule has 0 aliphatic carbocycles. The Bertz CT molecular complexity index is 870. The Morgan fingerprint density at radius 3 is 2.06 bits per heavy atom. The van der Waals surface area contributed by atoms with E-state index in [-0.39, 0.29) is 5.91 Å². The largest absolute Gasteiger partial charge is 0.496 e. The highest BCUT2D eigenvalue weighted by Gasteiger charge is 2.14. The summed E-state index contributed by atoms with van der Waals surface area (Å²) >= 11 is 0. The zero-order valence-corrected chi connectivity index (χ0v) is 19.1. The molecule has 0 spiro atoms. The number of nitrogens with one attached hydrogen (secondary N) is 2. The lowest BCUT2D eigenvalue weighted by molar-refractivity contribution is 0.0827. The van der Waals surface area contributed by atoms with Crippen LogP contribution in [0.1, 0.15) is 28.4 Å². The average Bonchev–Trinajstić information content (AvgIpc) is 2.79. The van der Waals surface area contributed by atoms with Gasteiger partial charge in [0, 0.05) is 38.3 Å². The molecule has 0 bridgehead atoms. The maximum absolute atomic E-state index is 12.0. The van der Waals surface area contributed by atoms with Crippen LogP contribution in [0, 0.1) is 0 Å². The number of amides is 1. The summed E-state index contributed by atoms with van der Waals surface area (Å²) in [5.74, 6) is 2.64. The van der Waals surface area contributed by atoms with Crippen LogP contribution in [0.5, 0.6) is 17.2 Å². The van der Waals surface area contributed by atoms with Crippen molar-refractivity contribution in [1.29, 1.82) is 0 Å². The molecule has 0 heterocycles. The van der Waals surface area contributed by atoms with Crippen molar-refractivity contribution in [2.75, 3.05) is 42.0 Å². The van der Waals surface area contributed by atoms with Gasteiger partial charge in [-0.25, -0.2) is 4.99 Å². The molecule has 0 fully saturated rings. The number of rotatable bonds is 9. The van der Waals surface area contributed by atoms with E-state index in [1.165, 1.54) is 0 Å². The van der Waals surface area contributed by atoms with Gasteiger partial charge in [0.25, 0.3) is 5.91 Å². The molecule has 0 radical (unpaired) electrons. The van der Waals surface area contributed by atoms with E-state index in [0.29, 0.717) is 41.9 Å². The zero-order chi connectivity index (χ0) is 22.8. The van der Waals surface area contributed by atoms with Crippen LogP contribution < -0.4 is 24.8 Å². The third kappa shape index (κ3) is 6.53. The lowest BCUT2D eigenvalue weighted by atomic mass is 10.1. The summed E-state index contributed by atoms with van der Waals surface area (Å²) in [7, 11) is 8.30. The Morgan fingerprint density at radius 1 is 0.968 bits per heavy atom. The van der Waals surface area contributed by atoms with Gasteiger partial charge in [-0.3, -0.25) is 4.79 Å². The topological polar surface area (TPSA) is 84.4 Å². The van der Waals surface area contributed by atoms with Crippen molar-refractivity contribution in [3.05, 3.63) is 53.1 Å². The van der Waals surface area contributed by atoms with Gasteiger partial charge < -0.3 is 29.7 Å². The Morgan fingerprint density at radius 2 is 1.58 bits per heavy atom. The SMILES string of the molecule is CCNC(=NCc1ccc(C(=O)N(C)C)cc1)NCc1c(OC)cc(OC)cc1OC. The Kier molecular flexibility index (Phi) is 8.99. The standard InChI is InChI=1S/C23H32N4O4/c1-7-24-23(25-14-16-8-10-17(11-9-16)22(28)27(2)3)26-15-19-20(30-5)12-18(29-4)13-21(19)31-6/h8-13H,7,14-15H2,1-6H3,(H2,24,25,26). The predicted octanol–water partition coefficient (Wildman–Crippen LogP) is 2.67. The number of guanidine groups is 1. The summed E-state index contributed by atoms with van der Waals surface area (Å²) in [6, 6.07) is 11.1. The van der Waals surface area contributed by atoms with Crippen molar-refractivity contribution < 1.29 is 19.0 Å². The van der Waals surface area contributed by atoms with E-state index in [9.17, 15) is 4.79 Å². The van der Waals surface area contributed by atoms with E-state index in [1.54, 1.807) is 40.3 Å². The number of aliphatic imine (C=N–C) groups is 1. The van der Waals surface area contributed by atoms with E-state index < -0.39 is 0 Å². The van der Waals surface area contributed by atoms with E-state index in [2.05, 4.69) is 15.6 Å². The van der Waals surface area contributed by atoms with Crippen molar-refractivity contribution in [2.24, 2.45) is 4.99 Å². The van der Waals surface area contributed by atoms with Crippen LogP contribution in [0.3, 0.4) is 0 Å². The third-order valence-corrected chi connectivity index (χ3v) is 4.62. The summed E-state index contributed by atoms with van der Waals surface area (Å²) < 4.78 is 16.3. The number of hydrogen-bond acceptors (Lipinski definition) is 5. The van der Waals surface area contributed by atoms with E-state index in [4.69, 9.17) is 14.2 Å². The predicted molar refractivity (Wildman–Crippen MR) is 122 cm³/mol. The van der Waals surface area contributed by atoms with Gasteiger partial charge in [0.2, 0.25) is 0 Å². The Balaban J connectivity index is 2.13. The second kappa shape index (κ2) is 11.7. The first kappa shape index (κ1) is 23.9. The normalized spacial score (nSPS) is 11.0. The summed E-state index contributed by atoms with van der Waals surface area (Å²) in [5, 5.41) is 6.55. The van der Waals surface area contributed by atoms with Gasteiger partial charge >= 0.3 is 0 Å². The van der Waals surface area contributed by atoms with Gasteiger partial charge in [-0.05, 0) is 24.6 Å². The quantitative estimate of drug-likeness (QED) is 0.472. The van der Waals surface area contributed by atoms with Crippen molar-refractivity contribution in [3.63, 3.8) is 0 Å². The molecule has 8 nitrogen and oxygen atoms in total. The minimum atomic E-state index is -0.0209. The van der Waals surface area contributed by atoms with Crippen LogP contribution in [-0.4, -0.2) is 58.7 Å². The Hall–Kier alpha value is -3.42. The summed E-state index contributed by atoms with van der Waals surface area (Å²) in [5.41, 5.74) is 2.52. The molecule has 1 amide bonds. The number of carbonyl (C=O) groups is 1. The van der Waals surface area contributed by atoms with Gasteiger partial charge in [-0.15, -0.1) is 0 Å². The zero-order valence-electron chi connectivity index (χ0n) is 19.1. The van der Waals surface area contributed by atoms with Gasteiger partial charge in [0.05, 0.1) is 40.0 Å². The second-order valence-electron chi connectivity index (χ2n) is 6.96. The maximum atomic E-state index is 12.0. The summed E-state index contributed by atoms with van der Waals surface area (Å²) in [6.45, 7) is 3.66. The van der Waals surface area contributed by atoms with Crippen molar-refractivity contribution in [2.45, 2.75) is 20.0 Å². The fourth-order valence-electron chi connectivity index (χ4n) is 2.95. The molecule has 0 aliphatic heterocycles.